The van der Waals surface area contributed by atoms with Gasteiger partial charge in [0.15, 0.2) is 0 Å². The van der Waals surface area contributed by atoms with Gasteiger partial charge in [-0.2, -0.15) is 0 Å². The summed E-state index contributed by atoms with van der Waals surface area (Å²) in [4.78, 5) is 55.3. The monoisotopic (exact) mass is 576 g/mol. The highest BCUT2D eigenvalue weighted by molar-refractivity contribution is 5.95. The van der Waals surface area contributed by atoms with Gasteiger partial charge in [0.25, 0.3) is 0 Å². The number of alkyl carbamates (subject to hydrolysis) is 1. The van der Waals surface area contributed by atoms with Crippen molar-refractivity contribution in [3.05, 3.63) is 71.9 Å². The Morgan fingerprint density at radius 1 is 1.05 bits per heavy atom. The van der Waals surface area contributed by atoms with Crippen molar-refractivity contribution in [1.29, 1.82) is 0 Å². The molecule has 1 saturated heterocycles. The Hall–Kier alpha value is -4.34. The van der Waals surface area contributed by atoms with Crippen LogP contribution >= 0.6 is 0 Å². The van der Waals surface area contributed by atoms with Crippen LogP contribution in [-0.4, -0.2) is 65.1 Å². The number of nitrogens with zero attached hydrogens (tertiary/aromatic N) is 1. The maximum atomic E-state index is 14.0. The molecule has 0 spiro atoms. The summed E-state index contributed by atoms with van der Waals surface area (Å²) in [5.41, 5.74) is 0.980. The number of carbonyl (C=O) groups is 4. The van der Waals surface area contributed by atoms with Crippen molar-refractivity contribution in [2.24, 2.45) is 5.92 Å². The van der Waals surface area contributed by atoms with Crippen molar-refractivity contribution >= 4 is 29.9 Å². The zero-order chi connectivity index (χ0) is 30.4. The van der Waals surface area contributed by atoms with Crippen LogP contribution in [0.5, 0.6) is 5.75 Å². The SMILES string of the molecule is CC(C)[C@H](NC(=O)OC(C)(C)C)C(=O)N1CC[C@@H]2Oc3ccc(cc3)/C=C\NC(=O)[C@H](Cc3ccccc3)NC(=O)[C@H]21. The van der Waals surface area contributed by atoms with E-state index >= 15 is 0 Å². The van der Waals surface area contributed by atoms with Crippen LogP contribution in [0.1, 0.15) is 52.2 Å². The molecule has 2 aromatic rings. The number of hydrogen-bond acceptors (Lipinski definition) is 6. The fourth-order valence-corrected chi connectivity index (χ4v) is 5.04. The van der Waals surface area contributed by atoms with Crippen molar-refractivity contribution in [3.63, 3.8) is 0 Å². The van der Waals surface area contributed by atoms with Crippen LogP contribution in [0.3, 0.4) is 0 Å². The van der Waals surface area contributed by atoms with Gasteiger partial charge in [-0.05, 0) is 56.0 Å². The molecule has 0 aromatic heterocycles. The molecular formula is C32H40N4O6. The molecule has 3 N–H and O–H groups in total. The molecule has 42 heavy (non-hydrogen) atoms. The van der Waals surface area contributed by atoms with Gasteiger partial charge in [-0.15, -0.1) is 0 Å². The normalized spacial score (nSPS) is 22.2. The Labute approximate surface area is 246 Å². The molecule has 0 unspecified atom stereocenters. The zero-order valence-electron chi connectivity index (χ0n) is 24.8. The van der Waals surface area contributed by atoms with Crippen LogP contribution in [0.25, 0.3) is 6.08 Å². The molecule has 5 rings (SSSR count). The molecule has 0 radical (unpaired) electrons. The van der Waals surface area contributed by atoms with Crippen molar-refractivity contribution in [3.8, 4) is 5.75 Å². The minimum absolute atomic E-state index is 0.232. The van der Waals surface area contributed by atoms with Gasteiger partial charge in [0.1, 0.15) is 35.6 Å². The molecule has 2 aromatic carbocycles. The molecule has 1 fully saturated rings. The number of ether oxygens (including phenoxy) is 2. The predicted octanol–water partition coefficient (Wildman–Crippen LogP) is 3.41. The first-order chi connectivity index (χ1) is 19.9. The Morgan fingerprint density at radius 3 is 2.38 bits per heavy atom. The Balaban J connectivity index is 1.65. The van der Waals surface area contributed by atoms with Crippen LogP contribution in [-0.2, 0) is 25.5 Å². The van der Waals surface area contributed by atoms with E-state index in [0.717, 1.165) is 11.1 Å². The topological polar surface area (TPSA) is 126 Å². The summed E-state index contributed by atoms with van der Waals surface area (Å²) in [6, 6.07) is 13.8. The number of benzene rings is 2. The summed E-state index contributed by atoms with van der Waals surface area (Å²) in [7, 11) is 0. The van der Waals surface area contributed by atoms with E-state index in [2.05, 4.69) is 16.0 Å². The van der Waals surface area contributed by atoms with Gasteiger partial charge in [-0.3, -0.25) is 14.4 Å². The van der Waals surface area contributed by atoms with Gasteiger partial charge in [0, 0.05) is 25.6 Å². The van der Waals surface area contributed by atoms with Crippen molar-refractivity contribution < 1.29 is 28.7 Å². The molecule has 4 atom stereocenters. The standard InChI is InChI=1S/C32H40N4O6/c1-20(2)26(35-31(40)42-32(3,4)5)30(39)36-18-16-25-27(36)29(38)34-24(19-22-9-7-6-8-10-22)28(37)33-17-15-21-11-13-23(41-25)14-12-21/h6-15,17,20,24-27H,16,18-19H2,1-5H3,(H,33,37)(H,34,38)(H,35,40)/b17-15-/t24-,25-,26-,27-/m0/s1. The Bertz CT molecular complexity index is 1300. The van der Waals surface area contributed by atoms with Gasteiger partial charge >= 0.3 is 6.09 Å². The van der Waals surface area contributed by atoms with Gasteiger partial charge in [-0.1, -0.05) is 56.3 Å². The summed E-state index contributed by atoms with van der Waals surface area (Å²) in [6.07, 6.45) is 2.55. The summed E-state index contributed by atoms with van der Waals surface area (Å²) < 4.78 is 11.7. The molecule has 224 valence electrons. The summed E-state index contributed by atoms with van der Waals surface area (Å²) >= 11 is 0. The third kappa shape index (κ3) is 7.90. The van der Waals surface area contributed by atoms with E-state index in [1.165, 1.54) is 11.1 Å². The third-order valence-corrected chi connectivity index (χ3v) is 7.08. The van der Waals surface area contributed by atoms with E-state index in [1.807, 2.05) is 56.3 Å². The number of fused-ring (bicyclic) bond motifs is 7. The predicted molar refractivity (Wildman–Crippen MR) is 158 cm³/mol. The average Bonchev–Trinajstić information content (AvgIpc) is 3.34. The van der Waals surface area contributed by atoms with E-state index in [4.69, 9.17) is 9.47 Å². The maximum Gasteiger partial charge on any atom is 0.408 e. The summed E-state index contributed by atoms with van der Waals surface area (Å²) in [6.45, 7) is 9.08. The van der Waals surface area contributed by atoms with Crippen molar-refractivity contribution in [2.45, 2.75) is 77.3 Å². The molecule has 0 saturated carbocycles. The van der Waals surface area contributed by atoms with Crippen LogP contribution in [0, 0.1) is 5.92 Å². The number of amides is 4. The van der Waals surface area contributed by atoms with E-state index in [-0.39, 0.29) is 18.9 Å². The molecule has 4 amide bonds. The van der Waals surface area contributed by atoms with Crippen LogP contribution < -0.4 is 20.7 Å². The smallest absolute Gasteiger partial charge is 0.408 e. The first-order valence-corrected chi connectivity index (χ1v) is 14.3. The first-order valence-electron chi connectivity index (χ1n) is 14.3. The second-order valence-electron chi connectivity index (χ2n) is 12.0. The van der Waals surface area contributed by atoms with Crippen LogP contribution in [0.15, 0.2) is 60.8 Å². The minimum atomic E-state index is -1.04. The minimum Gasteiger partial charge on any atom is -0.488 e. The lowest BCUT2D eigenvalue weighted by molar-refractivity contribution is -0.143. The summed E-state index contributed by atoms with van der Waals surface area (Å²) in [5.74, 6) is -1.07. The van der Waals surface area contributed by atoms with Crippen molar-refractivity contribution in [1.82, 2.24) is 20.9 Å². The highest BCUT2D eigenvalue weighted by Crippen LogP contribution is 2.27. The van der Waals surface area contributed by atoms with Crippen LogP contribution in [0.4, 0.5) is 4.79 Å². The zero-order valence-corrected chi connectivity index (χ0v) is 24.8. The number of likely N-dealkylation sites (tertiary alicyclic amines) is 1. The largest absolute Gasteiger partial charge is 0.488 e. The highest BCUT2D eigenvalue weighted by Gasteiger charge is 2.46. The van der Waals surface area contributed by atoms with Crippen molar-refractivity contribution in [2.75, 3.05) is 6.54 Å². The fourth-order valence-electron chi connectivity index (χ4n) is 5.04. The van der Waals surface area contributed by atoms with E-state index in [1.54, 1.807) is 39.0 Å². The third-order valence-electron chi connectivity index (χ3n) is 7.08. The van der Waals surface area contributed by atoms with E-state index in [9.17, 15) is 19.2 Å². The van der Waals surface area contributed by atoms with E-state index in [0.29, 0.717) is 12.2 Å². The molecular weight excluding hydrogens is 536 g/mol. The molecule has 3 aliphatic rings. The van der Waals surface area contributed by atoms with E-state index < -0.39 is 53.6 Å². The van der Waals surface area contributed by atoms with Gasteiger partial charge in [0.2, 0.25) is 17.7 Å². The first kappa shape index (κ1) is 30.6. The second kappa shape index (κ2) is 13.1. The molecule has 10 heteroatoms. The summed E-state index contributed by atoms with van der Waals surface area (Å²) in [5, 5.41) is 8.35. The molecule has 10 nitrogen and oxygen atoms in total. The maximum absolute atomic E-state index is 14.0. The fraction of sp³-hybridized carbons (Fsp3) is 0.438. The Morgan fingerprint density at radius 2 is 1.74 bits per heavy atom. The van der Waals surface area contributed by atoms with Crippen LogP contribution in [0.2, 0.25) is 0 Å². The molecule has 2 bridgehead atoms. The van der Waals surface area contributed by atoms with Gasteiger partial charge in [-0.25, -0.2) is 4.79 Å². The number of nitrogens with one attached hydrogen (secondary N) is 3. The molecule has 0 aliphatic carbocycles. The Kier molecular flexibility index (Phi) is 9.55. The molecule has 3 aliphatic heterocycles. The average molecular weight is 577 g/mol. The van der Waals surface area contributed by atoms with Gasteiger partial charge < -0.3 is 30.3 Å². The highest BCUT2D eigenvalue weighted by atomic mass is 16.6. The lowest BCUT2D eigenvalue weighted by atomic mass is 10.0. The molecule has 3 heterocycles. The number of hydrogen-bond donors (Lipinski definition) is 3. The lowest BCUT2D eigenvalue weighted by Gasteiger charge is -2.33. The number of carbonyl (C=O) groups excluding carboxylic acids is 4. The van der Waals surface area contributed by atoms with Gasteiger partial charge in [0.05, 0.1) is 0 Å². The second-order valence-corrected chi connectivity index (χ2v) is 12.0. The quantitative estimate of drug-likeness (QED) is 0.501. The number of rotatable bonds is 5. The lowest BCUT2D eigenvalue weighted by Crippen LogP contribution is -2.60.